The molecule has 0 spiro atoms. The average molecular weight is 287 g/mol. The lowest BCUT2D eigenvalue weighted by molar-refractivity contribution is 0.0908. The number of benzene rings is 1. The van der Waals surface area contributed by atoms with Gasteiger partial charge in [0.25, 0.3) is 5.91 Å². The van der Waals surface area contributed by atoms with Gasteiger partial charge >= 0.3 is 0 Å². The second-order valence-corrected chi connectivity index (χ2v) is 5.48. The monoisotopic (exact) mass is 287 g/mol. The molecule has 1 heterocycles. The molecule has 1 unspecified atom stereocenters. The molecule has 0 saturated heterocycles. The highest BCUT2D eigenvalue weighted by Gasteiger charge is 2.14. The Bertz CT molecular complexity index is 562. The van der Waals surface area contributed by atoms with Gasteiger partial charge in [0.05, 0.1) is 18.3 Å². The van der Waals surface area contributed by atoms with Crippen LogP contribution in [0.3, 0.4) is 0 Å². The van der Waals surface area contributed by atoms with Crippen molar-refractivity contribution in [2.45, 2.75) is 26.3 Å². The first-order chi connectivity index (χ1) is 10.1. The Hall–Kier alpha value is -2.14. The molecule has 0 aliphatic rings. The summed E-state index contributed by atoms with van der Waals surface area (Å²) in [5, 5.41) is 16.3. The molecule has 5 heteroatoms. The van der Waals surface area contributed by atoms with Gasteiger partial charge in [-0.15, -0.1) is 0 Å². The number of aliphatic hydroxyl groups is 1. The number of aromatic nitrogens is 2. The maximum Gasteiger partial charge on any atom is 0.251 e. The summed E-state index contributed by atoms with van der Waals surface area (Å²) in [5.74, 6) is 0.256. The fourth-order valence-corrected chi connectivity index (χ4v) is 2.20. The van der Waals surface area contributed by atoms with Gasteiger partial charge in [0.2, 0.25) is 0 Å². The van der Waals surface area contributed by atoms with E-state index in [1.807, 2.05) is 24.4 Å². The Morgan fingerprint density at radius 2 is 2.05 bits per heavy atom. The zero-order valence-electron chi connectivity index (χ0n) is 12.4. The predicted molar refractivity (Wildman–Crippen MR) is 81.4 cm³/mol. The maximum absolute atomic E-state index is 12.1. The van der Waals surface area contributed by atoms with Crippen molar-refractivity contribution in [1.82, 2.24) is 15.1 Å². The van der Waals surface area contributed by atoms with Crippen molar-refractivity contribution in [3.8, 4) is 5.69 Å². The summed E-state index contributed by atoms with van der Waals surface area (Å²) in [6.45, 7) is 4.08. The zero-order chi connectivity index (χ0) is 15.2. The second kappa shape index (κ2) is 7.04. The van der Waals surface area contributed by atoms with E-state index in [4.69, 9.17) is 0 Å². The zero-order valence-corrected chi connectivity index (χ0v) is 12.4. The summed E-state index contributed by atoms with van der Waals surface area (Å²) in [5.41, 5.74) is 1.48. The van der Waals surface area contributed by atoms with Gasteiger partial charge in [-0.2, -0.15) is 5.10 Å². The minimum absolute atomic E-state index is 0.0463. The fraction of sp³-hybridized carbons (Fsp3) is 0.375. The van der Waals surface area contributed by atoms with Crippen LogP contribution in [-0.4, -0.2) is 33.4 Å². The highest BCUT2D eigenvalue weighted by atomic mass is 16.3. The van der Waals surface area contributed by atoms with E-state index in [9.17, 15) is 9.90 Å². The van der Waals surface area contributed by atoms with Gasteiger partial charge in [0, 0.05) is 18.0 Å². The third-order valence-corrected chi connectivity index (χ3v) is 3.21. The summed E-state index contributed by atoms with van der Waals surface area (Å²) >= 11 is 0. The van der Waals surface area contributed by atoms with Gasteiger partial charge < -0.3 is 10.4 Å². The molecule has 5 nitrogen and oxygen atoms in total. The van der Waals surface area contributed by atoms with E-state index < -0.39 is 0 Å². The van der Waals surface area contributed by atoms with Crippen LogP contribution in [0.4, 0.5) is 0 Å². The van der Waals surface area contributed by atoms with Gasteiger partial charge in [0.1, 0.15) is 0 Å². The topological polar surface area (TPSA) is 67.2 Å². The molecule has 2 N–H and O–H groups in total. The summed E-state index contributed by atoms with van der Waals surface area (Å²) in [6.07, 6.45) is 4.31. The summed E-state index contributed by atoms with van der Waals surface area (Å²) < 4.78 is 1.73. The molecular formula is C16H21N3O2. The third-order valence-electron chi connectivity index (χ3n) is 3.21. The second-order valence-electron chi connectivity index (χ2n) is 5.48. The molecule has 0 aliphatic heterocycles. The highest BCUT2D eigenvalue weighted by Crippen LogP contribution is 2.10. The van der Waals surface area contributed by atoms with Crippen LogP contribution in [0.2, 0.25) is 0 Å². The van der Waals surface area contributed by atoms with Crippen molar-refractivity contribution in [3.63, 3.8) is 0 Å². The smallest absolute Gasteiger partial charge is 0.251 e. The van der Waals surface area contributed by atoms with Gasteiger partial charge in [-0.25, -0.2) is 4.68 Å². The lowest BCUT2D eigenvalue weighted by atomic mass is 10.0. The Morgan fingerprint density at radius 3 is 2.57 bits per heavy atom. The van der Waals surface area contributed by atoms with Crippen LogP contribution in [-0.2, 0) is 0 Å². The van der Waals surface area contributed by atoms with Crippen LogP contribution >= 0.6 is 0 Å². The van der Waals surface area contributed by atoms with Crippen LogP contribution in [0.5, 0.6) is 0 Å². The molecule has 0 fully saturated rings. The van der Waals surface area contributed by atoms with Crippen molar-refractivity contribution < 1.29 is 9.90 Å². The maximum atomic E-state index is 12.1. The van der Waals surface area contributed by atoms with E-state index in [2.05, 4.69) is 24.3 Å². The van der Waals surface area contributed by atoms with Crippen LogP contribution in [0.25, 0.3) is 5.69 Å². The van der Waals surface area contributed by atoms with E-state index in [1.54, 1.807) is 23.0 Å². The number of aliphatic hydroxyl groups excluding tert-OH is 1. The number of amides is 1. The molecule has 1 aromatic heterocycles. The van der Waals surface area contributed by atoms with Crippen LogP contribution in [0.1, 0.15) is 30.6 Å². The summed E-state index contributed by atoms with van der Waals surface area (Å²) in [4.78, 5) is 12.1. The van der Waals surface area contributed by atoms with Crippen molar-refractivity contribution >= 4 is 5.91 Å². The summed E-state index contributed by atoms with van der Waals surface area (Å²) in [6, 6.07) is 8.85. The number of rotatable bonds is 6. The Balaban J connectivity index is 2.02. The number of nitrogens with one attached hydrogen (secondary N) is 1. The first-order valence-corrected chi connectivity index (χ1v) is 7.12. The molecule has 0 aliphatic carbocycles. The van der Waals surface area contributed by atoms with Crippen LogP contribution < -0.4 is 5.32 Å². The Labute approximate surface area is 124 Å². The SMILES string of the molecule is CC(C)CC(CO)NC(=O)c1ccc(-n2cccn2)cc1. The minimum Gasteiger partial charge on any atom is -0.394 e. The number of carbonyl (C=O) groups excluding carboxylic acids is 1. The van der Waals surface area contributed by atoms with Crippen molar-refractivity contribution in [2.75, 3.05) is 6.61 Å². The van der Waals surface area contributed by atoms with E-state index in [1.165, 1.54) is 0 Å². The van der Waals surface area contributed by atoms with Crippen molar-refractivity contribution in [3.05, 3.63) is 48.3 Å². The van der Waals surface area contributed by atoms with Gasteiger partial charge in [0.15, 0.2) is 0 Å². The quantitative estimate of drug-likeness (QED) is 0.854. The molecule has 112 valence electrons. The number of hydrogen-bond donors (Lipinski definition) is 2. The van der Waals surface area contributed by atoms with Gasteiger partial charge in [-0.05, 0) is 42.7 Å². The number of carbonyl (C=O) groups is 1. The molecule has 0 radical (unpaired) electrons. The van der Waals surface area contributed by atoms with E-state index in [0.717, 1.165) is 12.1 Å². The van der Waals surface area contributed by atoms with Crippen molar-refractivity contribution in [2.24, 2.45) is 5.92 Å². The first kappa shape index (κ1) is 15.3. The van der Waals surface area contributed by atoms with E-state index in [0.29, 0.717) is 11.5 Å². The summed E-state index contributed by atoms with van der Waals surface area (Å²) in [7, 11) is 0. The lowest BCUT2D eigenvalue weighted by Crippen LogP contribution is -2.38. The molecule has 0 bridgehead atoms. The standard InChI is InChI=1S/C16H21N3O2/c1-12(2)10-14(11-20)18-16(21)13-4-6-15(7-5-13)19-9-3-8-17-19/h3-9,12,14,20H,10-11H2,1-2H3,(H,18,21). The Kier molecular flexibility index (Phi) is 5.11. The van der Waals surface area contributed by atoms with Crippen LogP contribution in [0.15, 0.2) is 42.7 Å². The fourth-order valence-electron chi connectivity index (χ4n) is 2.20. The lowest BCUT2D eigenvalue weighted by Gasteiger charge is -2.18. The molecule has 1 atom stereocenters. The van der Waals surface area contributed by atoms with Crippen LogP contribution in [0, 0.1) is 5.92 Å². The molecule has 0 saturated carbocycles. The molecule has 2 rings (SSSR count). The van der Waals surface area contributed by atoms with Gasteiger partial charge in [-0.3, -0.25) is 4.79 Å². The third kappa shape index (κ3) is 4.16. The minimum atomic E-state index is -0.205. The molecule has 2 aromatic rings. The highest BCUT2D eigenvalue weighted by molar-refractivity contribution is 5.94. The first-order valence-electron chi connectivity index (χ1n) is 7.12. The van der Waals surface area contributed by atoms with Crippen molar-refractivity contribution in [1.29, 1.82) is 0 Å². The van der Waals surface area contributed by atoms with Gasteiger partial charge in [-0.1, -0.05) is 13.8 Å². The normalized spacial score (nSPS) is 12.4. The molecule has 1 amide bonds. The average Bonchev–Trinajstić information content (AvgIpc) is 3.00. The molecular weight excluding hydrogens is 266 g/mol. The molecule has 21 heavy (non-hydrogen) atoms. The molecule has 1 aromatic carbocycles. The largest absolute Gasteiger partial charge is 0.394 e. The number of nitrogens with zero attached hydrogens (tertiary/aromatic N) is 2. The predicted octanol–water partition coefficient (Wildman–Crippen LogP) is 2.01. The van der Waals surface area contributed by atoms with E-state index >= 15 is 0 Å². The number of hydrogen-bond acceptors (Lipinski definition) is 3. The van der Waals surface area contributed by atoms with E-state index in [-0.39, 0.29) is 18.6 Å². The Morgan fingerprint density at radius 1 is 1.33 bits per heavy atom.